The third-order valence-corrected chi connectivity index (χ3v) is 3.86. The van der Waals surface area contributed by atoms with Crippen LogP contribution in [0.1, 0.15) is 25.6 Å². The predicted molar refractivity (Wildman–Crippen MR) is 78.3 cm³/mol. The van der Waals surface area contributed by atoms with Gasteiger partial charge in [0.1, 0.15) is 0 Å². The molecule has 1 N–H and O–H groups in total. The van der Waals surface area contributed by atoms with Crippen LogP contribution >= 0.6 is 22.9 Å². The molecule has 0 spiro atoms. The van der Waals surface area contributed by atoms with Crippen LogP contribution in [0.3, 0.4) is 0 Å². The Morgan fingerprint density at radius 1 is 1.20 bits per heavy atom. The summed E-state index contributed by atoms with van der Waals surface area (Å²) < 4.78 is 5.20. The van der Waals surface area contributed by atoms with Crippen molar-refractivity contribution in [3.8, 4) is 0 Å². The van der Waals surface area contributed by atoms with Crippen LogP contribution in [-0.2, 0) is 11.3 Å². The van der Waals surface area contributed by atoms with Crippen LogP contribution in [0.4, 0.5) is 0 Å². The summed E-state index contributed by atoms with van der Waals surface area (Å²) in [5.41, 5.74) is 1.38. The summed E-state index contributed by atoms with van der Waals surface area (Å²) in [6.45, 7) is 0.385. The zero-order valence-electron chi connectivity index (χ0n) is 10.7. The van der Waals surface area contributed by atoms with Crippen LogP contribution in [0.15, 0.2) is 36.4 Å². The van der Waals surface area contributed by atoms with Gasteiger partial charge in [-0.1, -0.05) is 23.7 Å². The molecule has 1 aromatic carbocycles. The minimum atomic E-state index is -0.381. The minimum absolute atomic E-state index is 0.168. The molecule has 1 amide bonds. The Morgan fingerprint density at radius 3 is 2.45 bits per heavy atom. The van der Waals surface area contributed by atoms with E-state index >= 15 is 0 Å². The molecule has 0 fully saturated rings. The molecule has 0 aliphatic rings. The number of thiophene rings is 1. The molecule has 0 saturated carbocycles. The van der Waals surface area contributed by atoms with Crippen molar-refractivity contribution in [2.45, 2.75) is 6.54 Å². The average molecular weight is 310 g/mol. The second-order valence-corrected chi connectivity index (χ2v) is 5.69. The van der Waals surface area contributed by atoms with Gasteiger partial charge in [0.15, 0.2) is 0 Å². The maximum Gasteiger partial charge on any atom is 0.337 e. The van der Waals surface area contributed by atoms with Gasteiger partial charge in [-0.05, 0) is 29.8 Å². The first-order valence-electron chi connectivity index (χ1n) is 5.81. The lowest BCUT2D eigenvalue weighted by Gasteiger charge is -2.05. The second kappa shape index (κ2) is 6.54. The number of rotatable bonds is 4. The number of hydrogen-bond acceptors (Lipinski definition) is 4. The van der Waals surface area contributed by atoms with E-state index < -0.39 is 0 Å². The molecular weight excluding hydrogens is 298 g/mol. The lowest BCUT2D eigenvalue weighted by molar-refractivity contribution is 0.0600. The number of hydrogen-bond donors (Lipinski definition) is 1. The van der Waals surface area contributed by atoms with Crippen molar-refractivity contribution in [2.24, 2.45) is 0 Å². The highest BCUT2D eigenvalue weighted by atomic mass is 35.5. The van der Waals surface area contributed by atoms with E-state index in [4.69, 9.17) is 11.6 Å². The number of methoxy groups -OCH3 is 1. The topological polar surface area (TPSA) is 55.4 Å². The first-order valence-corrected chi connectivity index (χ1v) is 7.00. The maximum atomic E-state index is 11.8. The highest BCUT2D eigenvalue weighted by Gasteiger charge is 2.09. The zero-order chi connectivity index (χ0) is 14.5. The molecular formula is C14H12ClNO3S. The molecule has 0 radical (unpaired) electrons. The van der Waals surface area contributed by atoms with Gasteiger partial charge in [0.05, 0.1) is 21.9 Å². The Hall–Kier alpha value is -1.85. The number of esters is 1. The fourth-order valence-corrected chi connectivity index (χ4v) is 2.54. The molecule has 6 heteroatoms. The van der Waals surface area contributed by atoms with Crippen LogP contribution in [0.5, 0.6) is 0 Å². The highest BCUT2D eigenvalue weighted by molar-refractivity contribution is 7.17. The first-order chi connectivity index (χ1) is 9.60. The maximum absolute atomic E-state index is 11.8. The van der Waals surface area contributed by atoms with Crippen LogP contribution in [-0.4, -0.2) is 19.0 Å². The third kappa shape index (κ3) is 3.59. The van der Waals surface area contributed by atoms with Crippen LogP contribution in [0.2, 0.25) is 4.34 Å². The summed E-state index contributed by atoms with van der Waals surface area (Å²) in [4.78, 5) is 23.7. The van der Waals surface area contributed by atoms with Gasteiger partial charge in [0.2, 0.25) is 0 Å². The molecule has 104 valence electrons. The lowest BCUT2D eigenvalue weighted by Crippen LogP contribution is -2.21. The summed E-state index contributed by atoms with van der Waals surface area (Å²) in [5, 5.41) is 2.79. The smallest absolute Gasteiger partial charge is 0.337 e. The van der Waals surface area contributed by atoms with Gasteiger partial charge in [-0.15, -0.1) is 11.3 Å². The van der Waals surface area contributed by atoms with Gasteiger partial charge in [-0.25, -0.2) is 4.79 Å². The van der Waals surface area contributed by atoms with Gasteiger partial charge in [0, 0.05) is 6.54 Å². The van der Waals surface area contributed by atoms with Crippen molar-refractivity contribution in [1.82, 2.24) is 5.32 Å². The normalized spacial score (nSPS) is 10.1. The average Bonchev–Trinajstić information content (AvgIpc) is 2.91. The van der Waals surface area contributed by atoms with Crippen molar-refractivity contribution >= 4 is 34.8 Å². The van der Waals surface area contributed by atoms with E-state index in [9.17, 15) is 9.59 Å². The molecule has 1 aromatic heterocycles. The van der Waals surface area contributed by atoms with Gasteiger partial charge >= 0.3 is 5.97 Å². The Bertz CT molecular complexity index is 622. The van der Waals surface area contributed by atoms with Gasteiger partial charge < -0.3 is 10.1 Å². The Kier molecular flexibility index (Phi) is 4.76. The minimum Gasteiger partial charge on any atom is -0.465 e. The van der Waals surface area contributed by atoms with Crippen LogP contribution < -0.4 is 5.32 Å². The standard InChI is InChI=1S/C14H12ClNO3S/c1-19-14(18)10-4-2-9(3-5-10)8-16-13(17)11-6-7-12(15)20-11/h2-7H,8H2,1H3,(H,16,17). The lowest BCUT2D eigenvalue weighted by atomic mass is 10.1. The molecule has 0 aliphatic heterocycles. The Balaban J connectivity index is 1.94. The van der Waals surface area contributed by atoms with Crippen molar-refractivity contribution in [3.63, 3.8) is 0 Å². The second-order valence-electron chi connectivity index (χ2n) is 3.97. The number of amides is 1. The highest BCUT2D eigenvalue weighted by Crippen LogP contribution is 2.21. The van der Waals surface area contributed by atoms with Gasteiger partial charge in [-0.2, -0.15) is 0 Å². The van der Waals surface area contributed by atoms with Gasteiger partial charge in [-0.3, -0.25) is 4.79 Å². The largest absolute Gasteiger partial charge is 0.465 e. The third-order valence-electron chi connectivity index (χ3n) is 2.63. The molecule has 2 aromatic rings. The number of nitrogens with one attached hydrogen (secondary N) is 1. The molecule has 0 bridgehead atoms. The van der Waals surface area contributed by atoms with Crippen LogP contribution in [0.25, 0.3) is 0 Å². The van der Waals surface area contributed by atoms with Crippen molar-refractivity contribution < 1.29 is 14.3 Å². The predicted octanol–water partition coefficient (Wildman–Crippen LogP) is 3.12. The molecule has 0 unspecified atom stereocenters. The summed E-state index contributed by atoms with van der Waals surface area (Å²) in [6.07, 6.45) is 0. The van der Waals surface area contributed by atoms with E-state index in [0.717, 1.165) is 5.56 Å². The van der Waals surface area contributed by atoms with E-state index in [0.29, 0.717) is 21.3 Å². The SMILES string of the molecule is COC(=O)c1ccc(CNC(=O)c2ccc(Cl)s2)cc1. The number of ether oxygens (including phenoxy) is 1. The summed E-state index contributed by atoms with van der Waals surface area (Å²) >= 11 is 7.01. The number of carbonyl (C=O) groups excluding carboxylic acids is 2. The summed E-state index contributed by atoms with van der Waals surface area (Å²) in [6, 6.07) is 10.2. The van der Waals surface area contributed by atoms with Gasteiger partial charge in [0.25, 0.3) is 5.91 Å². The summed E-state index contributed by atoms with van der Waals surface area (Å²) in [5.74, 6) is -0.548. The Labute approximate surface area is 125 Å². The quantitative estimate of drug-likeness (QED) is 0.883. The van der Waals surface area contributed by atoms with E-state index in [2.05, 4.69) is 10.1 Å². The van der Waals surface area contributed by atoms with E-state index in [1.54, 1.807) is 36.4 Å². The van der Waals surface area contributed by atoms with Crippen LogP contribution in [0, 0.1) is 0 Å². The van der Waals surface area contributed by atoms with Crippen molar-refractivity contribution in [2.75, 3.05) is 7.11 Å². The van der Waals surface area contributed by atoms with Crippen molar-refractivity contribution in [3.05, 3.63) is 56.7 Å². The summed E-state index contributed by atoms with van der Waals surface area (Å²) in [7, 11) is 1.34. The molecule has 4 nitrogen and oxygen atoms in total. The van der Waals surface area contributed by atoms with E-state index in [1.165, 1.54) is 18.4 Å². The number of halogens is 1. The molecule has 1 heterocycles. The Morgan fingerprint density at radius 2 is 1.90 bits per heavy atom. The van der Waals surface area contributed by atoms with E-state index in [-0.39, 0.29) is 11.9 Å². The first kappa shape index (κ1) is 14.6. The van der Waals surface area contributed by atoms with E-state index in [1.807, 2.05) is 0 Å². The molecule has 20 heavy (non-hydrogen) atoms. The number of benzene rings is 1. The fourth-order valence-electron chi connectivity index (χ4n) is 1.58. The molecule has 0 atom stereocenters. The fraction of sp³-hybridized carbons (Fsp3) is 0.143. The monoisotopic (exact) mass is 309 g/mol. The number of carbonyl (C=O) groups is 2. The molecule has 0 aliphatic carbocycles. The molecule has 0 saturated heterocycles. The van der Waals surface area contributed by atoms with Crippen molar-refractivity contribution in [1.29, 1.82) is 0 Å². The zero-order valence-corrected chi connectivity index (χ0v) is 12.3. The molecule has 2 rings (SSSR count).